The maximum absolute atomic E-state index is 12.1. The number of benzene rings is 1. The van der Waals surface area contributed by atoms with Crippen molar-refractivity contribution >= 4 is 28.6 Å². The van der Waals surface area contributed by atoms with Crippen LogP contribution in [0.15, 0.2) is 53.2 Å². The molecule has 0 aliphatic carbocycles. The number of hydrogen-bond donors (Lipinski definition) is 0. The van der Waals surface area contributed by atoms with Crippen molar-refractivity contribution in [2.24, 2.45) is 0 Å². The number of carbonyl (C=O) groups excluding carboxylic acids is 1. The lowest BCUT2D eigenvalue weighted by molar-refractivity contribution is -0.144. The lowest BCUT2D eigenvalue weighted by Crippen LogP contribution is -2.11. The van der Waals surface area contributed by atoms with Crippen LogP contribution in [-0.2, 0) is 22.6 Å². The summed E-state index contributed by atoms with van der Waals surface area (Å²) in [5.41, 5.74) is 1.51. The molecule has 130 valence electrons. The number of carbonyl (C=O) groups is 1. The lowest BCUT2D eigenvalue weighted by atomic mass is 10.3. The molecule has 0 fully saturated rings. The van der Waals surface area contributed by atoms with Gasteiger partial charge in [0.25, 0.3) is 0 Å². The molecule has 4 aromatic rings. The summed E-state index contributed by atoms with van der Waals surface area (Å²) in [4.78, 5) is 17.7. The molecule has 0 unspecified atom stereocenters. The minimum atomic E-state index is -0.365. The molecule has 0 bridgehead atoms. The van der Waals surface area contributed by atoms with Crippen LogP contribution in [0.5, 0.6) is 0 Å². The van der Waals surface area contributed by atoms with Gasteiger partial charge in [0.05, 0.1) is 22.7 Å². The summed E-state index contributed by atoms with van der Waals surface area (Å²) in [5, 5.41) is 16.3. The van der Waals surface area contributed by atoms with Crippen LogP contribution in [0, 0.1) is 0 Å². The van der Waals surface area contributed by atoms with Crippen molar-refractivity contribution in [3.8, 4) is 15.6 Å². The average molecular weight is 383 g/mol. The minimum absolute atomic E-state index is 0.00263. The molecule has 0 spiro atoms. The zero-order chi connectivity index (χ0) is 17.8. The van der Waals surface area contributed by atoms with E-state index < -0.39 is 0 Å². The van der Waals surface area contributed by atoms with Gasteiger partial charge in [0.15, 0.2) is 12.4 Å². The van der Waals surface area contributed by atoms with Gasteiger partial charge in [0, 0.05) is 5.38 Å². The number of aromatic nitrogens is 5. The van der Waals surface area contributed by atoms with Gasteiger partial charge in [-0.2, -0.15) is 4.68 Å². The molecule has 0 amide bonds. The highest BCUT2D eigenvalue weighted by molar-refractivity contribution is 7.20. The van der Waals surface area contributed by atoms with Crippen molar-refractivity contribution in [1.29, 1.82) is 0 Å². The van der Waals surface area contributed by atoms with Gasteiger partial charge >= 0.3 is 5.97 Å². The first kappa shape index (κ1) is 16.6. The zero-order valence-corrected chi connectivity index (χ0v) is 15.1. The molecule has 0 saturated carbocycles. The van der Waals surface area contributed by atoms with Gasteiger partial charge in [-0.1, -0.05) is 24.3 Å². The van der Waals surface area contributed by atoms with Gasteiger partial charge in [-0.05, 0) is 34.0 Å². The molecule has 26 heavy (non-hydrogen) atoms. The molecule has 0 saturated heterocycles. The standard InChI is InChI=1S/C17H13N5O2S2/c23-16(9-12-11-26-17(18-12)14-7-4-8-25-14)24-10-15-19-20-21-22(15)13-5-2-1-3-6-13/h1-8,11H,9-10H2. The third-order valence-corrected chi connectivity index (χ3v) is 5.44. The summed E-state index contributed by atoms with van der Waals surface area (Å²) in [6, 6.07) is 13.4. The van der Waals surface area contributed by atoms with E-state index in [1.54, 1.807) is 16.0 Å². The van der Waals surface area contributed by atoms with E-state index in [1.165, 1.54) is 11.3 Å². The second-order valence-electron chi connectivity index (χ2n) is 5.30. The largest absolute Gasteiger partial charge is 0.457 e. The van der Waals surface area contributed by atoms with Crippen LogP contribution in [0.1, 0.15) is 11.5 Å². The van der Waals surface area contributed by atoms with Gasteiger partial charge in [-0.25, -0.2) is 4.98 Å². The Morgan fingerprint density at radius 2 is 2.00 bits per heavy atom. The van der Waals surface area contributed by atoms with Crippen LogP contribution >= 0.6 is 22.7 Å². The topological polar surface area (TPSA) is 82.8 Å². The van der Waals surface area contributed by atoms with E-state index in [1.807, 2.05) is 53.2 Å². The second-order valence-corrected chi connectivity index (χ2v) is 7.11. The lowest BCUT2D eigenvalue weighted by Gasteiger charge is -2.05. The Labute approximate surface area is 156 Å². The Morgan fingerprint density at radius 3 is 2.81 bits per heavy atom. The predicted octanol–water partition coefficient (Wildman–Crippen LogP) is 3.13. The average Bonchev–Trinajstić information content (AvgIpc) is 3.41. The Hall–Kier alpha value is -2.91. The molecule has 1 aromatic carbocycles. The van der Waals surface area contributed by atoms with Crippen molar-refractivity contribution in [3.05, 3.63) is 64.7 Å². The number of para-hydroxylation sites is 1. The molecule has 7 nitrogen and oxygen atoms in total. The van der Waals surface area contributed by atoms with E-state index in [4.69, 9.17) is 4.74 Å². The summed E-state index contributed by atoms with van der Waals surface area (Å²) < 4.78 is 6.86. The molecule has 3 aromatic heterocycles. The molecular weight excluding hydrogens is 370 g/mol. The first-order chi connectivity index (χ1) is 12.8. The third-order valence-electron chi connectivity index (χ3n) is 3.51. The van der Waals surface area contributed by atoms with Crippen molar-refractivity contribution in [2.45, 2.75) is 13.0 Å². The fourth-order valence-electron chi connectivity index (χ4n) is 2.31. The van der Waals surface area contributed by atoms with E-state index in [9.17, 15) is 4.79 Å². The van der Waals surface area contributed by atoms with Crippen LogP contribution in [0.4, 0.5) is 0 Å². The summed E-state index contributed by atoms with van der Waals surface area (Å²) in [5.74, 6) is 0.0951. The maximum atomic E-state index is 12.1. The first-order valence-electron chi connectivity index (χ1n) is 7.76. The number of nitrogens with zero attached hydrogens (tertiary/aromatic N) is 5. The molecule has 9 heteroatoms. The van der Waals surface area contributed by atoms with Gasteiger partial charge in [-0.3, -0.25) is 4.79 Å². The highest BCUT2D eigenvalue weighted by Crippen LogP contribution is 2.27. The normalized spacial score (nSPS) is 10.8. The second kappa shape index (κ2) is 7.54. The van der Waals surface area contributed by atoms with Crippen molar-refractivity contribution in [2.75, 3.05) is 0 Å². The Balaban J connectivity index is 1.37. The highest BCUT2D eigenvalue weighted by atomic mass is 32.1. The number of tetrazole rings is 1. The number of esters is 1. The SMILES string of the molecule is O=C(Cc1csc(-c2cccs2)n1)OCc1nnnn1-c1ccccc1. The monoisotopic (exact) mass is 383 g/mol. The van der Waals surface area contributed by atoms with Crippen LogP contribution in [0.3, 0.4) is 0 Å². The van der Waals surface area contributed by atoms with Crippen molar-refractivity contribution < 1.29 is 9.53 Å². The molecule has 0 N–H and O–H groups in total. The van der Waals surface area contributed by atoms with E-state index in [-0.39, 0.29) is 19.0 Å². The number of ether oxygens (including phenoxy) is 1. The Morgan fingerprint density at radius 1 is 1.12 bits per heavy atom. The van der Waals surface area contributed by atoms with E-state index in [0.717, 1.165) is 15.6 Å². The van der Waals surface area contributed by atoms with Crippen molar-refractivity contribution in [1.82, 2.24) is 25.2 Å². The Kier molecular flexibility index (Phi) is 4.80. The number of hydrogen-bond acceptors (Lipinski definition) is 8. The smallest absolute Gasteiger partial charge is 0.312 e. The summed E-state index contributed by atoms with van der Waals surface area (Å²) in [6.45, 7) is 0.00263. The number of thiazole rings is 1. The summed E-state index contributed by atoms with van der Waals surface area (Å²) in [6.07, 6.45) is 0.120. The molecule has 0 aliphatic heterocycles. The van der Waals surface area contributed by atoms with Crippen LogP contribution in [-0.4, -0.2) is 31.2 Å². The molecule has 3 heterocycles. The van der Waals surface area contributed by atoms with Crippen LogP contribution in [0.25, 0.3) is 15.6 Å². The molecule has 0 atom stereocenters. The number of thiophene rings is 1. The van der Waals surface area contributed by atoms with Gasteiger partial charge in [-0.15, -0.1) is 27.8 Å². The fraction of sp³-hybridized carbons (Fsp3) is 0.118. The Bertz CT molecular complexity index is 995. The molecular formula is C17H13N5O2S2. The zero-order valence-electron chi connectivity index (χ0n) is 13.5. The van der Waals surface area contributed by atoms with Gasteiger partial charge in [0.2, 0.25) is 0 Å². The predicted molar refractivity (Wildman–Crippen MR) is 98.1 cm³/mol. The fourth-order valence-corrected chi connectivity index (χ4v) is 3.94. The third kappa shape index (κ3) is 3.68. The molecule has 0 aliphatic rings. The van der Waals surface area contributed by atoms with E-state index in [0.29, 0.717) is 11.5 Å². The molecule has 4 rings (SSSR count). The van der Waals surface area contributed by atoms with Crippen molar-refractivity contribution in [3.63, 3.8) is 0 Å². The quantitative estimate of drug-likeness (QED) is 0.476. The highest BCUT2D eigenvalue weighted by Gasteiger charge is 2.14. The van der Waals surface area contributed by atoms with Crippen LogP contribution < -0.4 is 0 Å². The first-order valence-corrected chi connectivity index (χ1v) is 9.52. The van der Waals surface area contributed by atoms with Crippen LogP contribution in [0.2, 0.25) is 0 Å². The molecule has 0 radical (unpaired) electrons. The summed E-state index contributed by atoms with van der Waals surface area (Å²) >= 11 is 3.14. The minimum Gasteiger partial charge on any atom is -0.457 e. The number of rotatable bonds is 6. The summed E-state index contributed by atoms with van der Waals surface area (Å²) in [7, 11) is 0. The van der Waals surface area contributed by atoms with Gasteiger partial charge < -0.3 is 4.74 Å². The van der Waals surface area contributed by atoms with E-state index in [2.05, 4.69) is 20.5 Å². The van der Waals surface area contributed by atoms with E-state index >= 15 is 0 Å². The van der Waals surface area contributed by atoms with Gasteiger partial charge in [0.1, 0.15) is 5.01 Å². The maximum Gasteiger partial charge on any atom is 0.312 e.